The largest absolute Gasteiger partial charge is 0.351 e. The summed E-state index contributed by atoms with van der Waals surface area (Å²) in [6, 6.07) is 14.8. The molecule has 2 aromatic carbocycles. The molecule has 1 aliphatic heterocycles. The van der Waals surface area contributed by atoms with E-state index in [1.807, 2.05) is 43.4 Å². The number of carbonyl (C=O) groups excluding carboxylic acids is 2. The van der Waals surface area contributed by atoms with Gasteiger partial charge in [0.15, 0.2) is 0 Å². The van der Waals surface area contributed by atoms with Crippen LogP contribution in [-0.2, 0) is 11.8 Å². The van der Waals surface area contributed by atoms with E-state index in [4.69, 9.17) is 0 Å². The Hall–Kier alpha value is -3.34. The molecule has 0 spiro atoms. The molecule has 2 heterocycles. The summed E-state index contributed by atoms with van der Waals surface area (Å²) in [5.74, 6) is -0.305. The van der Waals surface area contributed by atoms with Gasteiger partial charge in [-0.25, -0.2) is 0 Å². The zero-order chi connectivity index (χ0) is 19.8. The Balaban J connectivity index is 1.86. The van der Waals surface area contributed by atoms with Crippen LogP contribution in [0.25, 0.3) is 10.9 Å². The van der Waals surface area contributed by atoms with E-state index < -0.39 is 6.04 Å². The lowest BCUT2D eigenvalue weighted by Crippen LogP contribution is -2.47. The molecule has 0 saturated carbocycles. The van der Waals surface area contributed by atoms with Crippen LogP contribution in [0.4, 0.5) is 0 Å². The van der Waals surface area contributed by atoms with Crippen LogP contribution >= 0.6 is 0 Å². The van der Waals surface area contributed by atoms with Crippen molar-refractivity contribution in [3.63, 3.8) is 0 Å². The maximum atomic E-state index is 13.3. The van der Waals surface area contributed by atoms with Gasteiger partial charge in [-0.05, 0) is 24.6 Å². The zero-order valence-electron chi connectivity index (χ0n) is 16.1. The predicted octanol–water partition coefficient (Wildman–Crippen LogP) is 3.41. The van der Waals surface area contributed by atoms with Crippen molar-refractivity contribution in [3.8, 4) is 0 Å². The average Bonchev–Trinajstić information content (AvgIpc) is 3.20. The Kier molecular flexibility index (Phi) is 4.51. The second-order valence-corrected chi connectivity index (χ2v) is 7.12. The van der Waals surface area contributed by atoms with Gasteiger partial charge in [0.05, 0.1) is 6.04 Å². The molecule has 1 aromatic heterocycles. The van der Waals surface area contributed by atoms with Gasteiger partial charge in [0, 0.05) is 41.8 Å². The lowest BCUT2D eigenvalue weighted by atomic mass is 9.97. The number of aromatic nitrogens is 1. The highest BCUT2D eigenvalue weighted by Crippen LogP contribution is 2.42. The second-order valence-electron chi connectivity index (χ2n) is 7.12. The molecule has 4 rings (SSSR count). The van der Waals surface area contributed by atoms with Crippen LogP contribution in [0.3, 0.4) is 0 Å². The highest BCUT2D eigenvalue weighted by Gasteiger charge is 2.43. The molecule has 142 valence electrons. The highest BCUT2D eigenvalue weighted by atomic mass is 16.2. The number of hydrogen-bond acceptors (Lipinski definition) is 2. The van der Waals surface area contributed by atoms with Crippen LogP contribution in [0.15, 0.2) is 67.4 Å². The highest BCUT2D eigenvalue weighted by molar-refractivity contribution is 6.03. The fourth-order valence-corrected chi connectivity index (χ4v) is 4.09. The molecule has 1 aliphatic rings. The molecule has 2 atom stereocenters. The van der Waals surface area contributed by atoms with E-state index in [0.29, 0.717) is 12.1 Å². The van der Waals surface area contributed by atoms with E-state index >= 15 is 0 Å². The summed E-state index contributed by atoms with van der Waals surface area (Å²) in [5.41, 5.74) is 3.72. The number of carbonyl (C=O) groups is 2. The fourth-order valence-electron chi connectivity index (χ4n) is 4.09. The molecule has 0 radical (unpaired) electrons. The van der Waals surface area contributed by atoms with Crippen LogP contribution in [0.1, 0.15) is 34.5 Å². The summed E-state index contributed by atoms with van der Waals surface area (Å²) in [5, 5.41) is 3.90. The third kappa shape index (κ3) is 2.71. The number of hydrogen-bond donors (Lipinski definition) is 1. The number of nitrogens with one attached hydrogen (secondary N) is 1. The number of benzene rings is 2. The molecule has 5 nitrogen and oxygen atoms in total. The van der Waals surface area contributed by atoms with E-state index in [-0.39, 0.29) is 17.9 Å². The molecular weight excluding hydrogens is 350 g/mol. The second kappa shape index (κ2) is 7.00. The number of amides is 2. The standard InChI is InChI=1S/C23H23N3O2/c1-4-13-24-22(27)15(2)26-21(17-10-5-6-11-18(17)23(26)28)19-14-25(3)20-12-8-7-9-16(19)20/h4-12,14-15,21H,1,13H2,2-3H3,(H,24,27). The van der Waals surface area contributed by atoms with Gasteiger partial charge >= 0.3 is 0 Å². The summed E-state index contributed by atoms with van der Waals surface area (Å²) >= 11 is 0. The van der Waals surface area contributed by atoms with E-state index in [1.165, 1.54) is 0 Å². The summed E-state index contributed by atoms with van der Waals surface area (Å²) in [4.78, 5) is 27.6. The van der Waals surface area contributed by atoms with Crippen molar-refractivity contribution in [1.29, 1.82) is 0 Å². The van der Waals surface area contributed by atoms with Crippen molar-refractivity contribution in [2.75, 3.05) is 6.54 Å². The van der Waals surface area contributed by atoms with Gasteiger partial charge in [-0.2, -0.15) is 0 Å². The molecular formula is C23H23N3O2. The van der Waals surface area contributed by atoms with Crippen molar-refractivity contribution >= 4 is 22.7 Å². The van der Waals surface area contributed by atoms with Gasteiger partial charge < -0.3 is 14.8 Å². The van der Waals surface area contributed by atoms with Crippen molar-refractivity contribution in [2.45, 2.75) is 19.0 Å². The molecule has 0 saturated heterocycles. The van der Waals surface area contributed by atoms with Crippen LogP contribution in [0.2, 0.25) is 0 Å². The topological polar surface area (TPSA) is 54.3 Å². The lowest BCUT2D eigenvalue weighted by molar-refractivity contribution is -0.125. The van der Waals surface area contributed by atoms with E-state index in [0.717, 1.165) is 22.0 Å². The van der Waals surface area contributed by atoms with Gasteiger partial charge in [0.25, 0.3) is 5.91 Å². The molecule has 28 heavy (non-hydrogen) atoms. The Labute approximate surface area is 164 Å². The van der Waals surface area contributed by atoms with Gasteiger partial charge in [0.2, 0.25) is 5.91 Å². The Morgan fingerprint density at radius 2 is 1.89 bits per heavy atom. The summed E-state index contributed by atoms with van der Waals surface area (Å²) < 4.78 is 2.07. The molecule has 2 unspecified atom stereocenters. The first-order chi connectivity index (χ1) is 13.5. The minimum absolute atomic E-state index is 0.116. The van der Waals surface area contributed by atoms with Crippen molar-refractivity contribution in [1.82, 2.24) is 14.8 Å². The van der Waals surface area contributed by atoms with Crippen molar-refractivity contribution in [3.05, 3.63) is 84.1 Å². The molecule has 2 amide bonds. The number of aryl methyl sites for hydroxylation is 1. The number of para-hydroxylation sites is 1. The normalized spacial score (nSPS) is 16.9. The first kappa shape index (κ1) is 18.0. The molecule has 5 heteroatoms. The van der Waals surface area contributed by atoms with E-state index in [9.17, 15) is 9.59 Å². The van der Waals surface area contributed by atoms with Gasteiger partial charge in [0.1, 0.15) is 6.04 Å². The minimum Gasteiger partial charge on any atom is -0.351 e. The van der Waals surface area contributed by atoms with Gasteiger partial charge in [-0.3, -0.25) is 9.59 Å². The zero-order valence-corrected chi connectivity index (χ0v) is 16.1. The van der Waals surface area contributed by atoms with Crippen LogP contribution in [-0.4, -0.2) is 33.9 Å². The summed E-state index contributed by atoms with van der Waals surface area (Å²) in [6.07, 6.45) is 3.69. The van der Waals surface area contributed by atoms with Gasteiger partial charge in [-0.15, -0.1) is 6.58 Å². The molecule has 1 N–H and O–H groups in total. The fraction of sp³-hybridized carbons (Fsp3) is 0.217. The smallest absolute Gasteiger partial charge is 0.255 e. The quantitative estimate of drug-likeness (QED) is 0.697. The lowest BCUT2D eigenvalue weighted by Gasteiger charge is -2.30. The number of fused-ring (bicyclic) bond motifs is 2. The maximum Gasteiger partial charge on any atom is 0.255 e. The Bertz CT molecular complexity index is 1080. The first-order valence-corrected chi connectivity index (χ1v) is 9.38. The first-order valence-electron chi connectivity index (χ1n) is 9.38. The minimum atomic E-state index is -0.608. The van der Waals surface area contributed by atoms with E-state index in [2.05, 4.69) is 34.8 Å². The van der Waals surface area contributed by atoms with Crippen LogP contribution < -0.4 is 5.32 Å². The van der Waals surface area contributed by atoms with Crippen molar-refractivity contribution < 1.29 is 9.59 Å². The summed E-state index contributed by atoms with van der Waals surface area (Å²) in [6.45, 7) is 5.79. The molecule has 0 aliphatic carbocycles. The molecule has 0 fully saturated rings. The van der Waals surface area contributed by atoms with Crippen LogP contribution in [0.5, 0.6) is 0 Å². The Morgan fingerprint density at radius 3 is 2.68 bits per heavy atom. The maximum absolute atomic E-state index is 13.3. The van der Waals surface area contributed by atoms with Crippen LogP contribution in [0, 0.1) is 0 Å². The van der Waals surface area contributed by atoms with Crippen molar-refractivity contribution in [2.24, 2.45) is 7.05 Å². The molecule has 3 aromatic rings. The third-order valence-electron chi connectivity index (χ3n) is 5.44. The third-order valence-corrected chi connectivity index (χ3v) is 5.44. The predicted molar refractivity (Wildman–Crippen MR) is 110 cm³/mol. The van der Waals surface area contributed by atoms with Gasteiger partial charge in [-0.1, -0.05) is 42.5 Å². The average molecular weight is 373 g/mol. The Morgan fingerprint density at radius 1 is 1.18 bits per heavy atom. The number of nitrogens with zero attached hydrogens (tertiary/aromatic N) is 2. The summed E-state index contributed by atoms with van der Waals surface area (Å²) in [7, 11) is 2.00. The van der Waals surface area contributed by atoms with E-state index in [1.54, 1.807) is 17.9 Å². The molecule has 0 bridgehead atoms. The SMILES string of the molecule is C=CCNC(=O)C(C)N1C(=O)c2ccccc2C1c1cn(C)c2ccccc12. The number of rotatable bonds is 5. The monoisotopic (exact) mass is 373 g/mol.